The molecule has 0 radical (unpaired) electrons. The van der Waals surface area contributed by atoms with Crippen LogP contribution < -0.4 is 5.73 Å². The molecule has 0 aromatic heterocycles. The number of aryl methyl sites for hydroxylation is 1. The van der Waals surface area contributed by atoms with E-state index in [4.69, 9.17) is 10.5 Å². The van der Waals surface area contributed by atoms with E-state index in [0.717, 1.165) is 19.3 Å². The van der Waals surface area contributed by atoms with Crippen molar-refractivity contribution in [1.29, 1.82) is 0 Å². The van der Waals surface area contributed by atoms with Crippen LogP contribution in [0.3, 0.4) is 0 Å². The van der Waals surface area contributed by atoms with Gasteiger partial charge < -0.3 is 10.5 Å². The minimum atomic E-state index is 0.170. The molecule has 1 unspecified atom stereocenters. The van der Waals surface area contributed by atoms with E-state index >= 15 is 0 Å². The van der Waals surface area contributed by atoms with Gasteiger partial charge in [0.1, 0.15) is 6.10 Å². The van der Waals surface area contributed by atoms with E-state index in [9.17, 15) is 0 Å². The zero-order chi connectivity index (χ0) is 11.4. The summed E-state index contributed by atoms with van der Waals surface area (Å²) in [6.45, 7) is 2.11. The van der Waals surface area contributed by atoms with E-state index < -0.39 is 0 Å². The van der Waals surface area contributed by atoms with Gasteiger partial charge in [0.15, 0.2) is 0 Å². The van der Waals surface area contributed by atoms with Crippen molar-refractivity contribution in [3.05, 3.63) is 35.9 Å². The fraction of sp³-hybridized carbons (Fsp3) is 0.462. The van der Waals surface area contributed by atoms with E-state index in [0.29, 0.717) is 6.02 Å². The Balaban J connectivity index is 1.90. The van der Waals surface area contributed by atoms with Crippen molar-refractivity contribution in [1.82, 2.24) is 0 Å². The number of ether oxygens (including phenoxy) is 1. The van der Waals surface area contributed by atoms with Crippen molar-refractivity contribution in [3.8, 4) is 0 Å². The van der Waals surface area contributed by atoms with Crippen molar-refractivity contribution in [2.24, 2.45) is 10.7 Å². The van der Waals surface area contributed by atoms with Gasteiger partial charge in [-0.2, -0.15) is 0 Å². The molecule has 0 saturated heterocycles. The minimum Gasteiger partial charge on any atom is -0.460 e. The molecule has 0 aliphatic carbocycles. The number of hydrogen-bond donors (Lipinski definition) is 1. The molecule has 1 aliphatic heterocycles. The maximum atomic E-state index is 5.59. The summed E-state index contributed by atoms with van der Waals surface area (Å²) >= 11 is 0. The minimum absolute atomic E-state index is 0.170. The Labute approximate surface area is 96.3 Å². The van der Waals surface area contributed by atoms with E-state index in [1.54, 1.807) is 0 Å². The lowest BCUT2D eigenvalue weighted by molar-refractivity contribution is 0.181. The van der Waals surface area contributed by atoms with Crippen LogP contribution in [-0.4, -0.2) is 18.2 Å². The van der Waals surface area contributed by atoms with Crippen LogP contribution in [0.25, 0.3) is 0 Å². The van der Waals surface area contributed by atoms with Crippen LogP contribution in [-0.2, 0) is 11.2 Å². The van der Waals surface area contributed by atoms with E-state index in [2.05, 4.69) is 36.2 Å². The van der Waals surface area contributed by atoms with Crippen molar-refractivity contribution >= 4 is 6.02 Å². The van der Waals surface area contributed by atoms with Crippen molar-refractivity contribution in [2.45, 2.75) is 38.3 Å². The molecule has 2 N–H and O–H groups in total. The fourth-order valence-electron chi connectivity index (χ4n) is 2.08. The lowest BCUT2D eigenvalue weighted by atomic mass is 10.0. The highest BCUT2D eigenvalue weighted by Crippen LogP contribution is 2.19. The van der Waals surface area contributed by atoms with Gasteiger partial charge in [0.2, 0.25) is 0 Å². The monoisotopic (exact) mass is 218 g/mol. The first-order chi connectivity index (χ1) is 7.79. The van der Waals surface area contributed by atoms with Crippen LogP contribution in [0.4, 0.5) is 0 Å². The Hall–Kier alpha value is -1.51. The van der Waals surface area contributed by atoms with Crippen molar-refractivity contribution in [2.75, 3.05) is 0 Å². The quantitative estimate of drug-likeness (QED) is 0.841. The zero-order valence-corrected chi connectivity index (χ0v) is 9.60. The topological polar surface area (TPSA) is 47.6 Å². The lowest BCUT2D eigenvalue weighted by Crippen LogP contribution is -2.23. The molecule has 2 rings (SSSR count). The van der Waals surface area contributed by atoms with Gasteiger partial charge in [-0.05, 0) is 24.8 Å². The Morgan fingerprint density at radius 3 is 2.75 bits per heavy atom. The second kappa shape index (κ2) is 5.01. The second-order valence-corrected chi connectivity index (χ2v) is 4.12. The molecule has 1 heterocycles. The van der Waals surface area contributed by atoms with Crippen LogP contribution in [0.15, 0.2) is 35.3 Å². The molecule has 1 aliphatic rings. The highest BCUT2D eigenvalue weighted by atomic mass is 16.5. The number of rotatable bonds is 4. The van der Waals surface area contributed by atoms with Crippen LogP contribution in [0.5, 0.6) is 0 Å². The maximum Gasteiger partial charge on any atom is 0.282 e. The van der Waals surface area contributed by atoms with Gasteiger partial charge in [0.05, 0.1) is 6.04 Å². The van der Waals surface area contributed by atoms with Crippen LogP contribution in [0, 0.1) is 0 Å². The normalized spacial score (nSPS) is 23.9. The Morgan fingerprint density at radius 2 is 2.06 bits per heavy atom. The number of nitrogens with zero attached hydrogens (tertiary/aromatic N) is 1. The Bertz CT molecular complexity index is 361. The van der Waals surface area contributed by atoms with Gasteiger partial charge >= 0.3 is 0 Å². The molecule has 0 amide bonds. The molecule has 2 atom stereocenters. The number of amidine groups is 1. The smallest absolute Gasteiger partial charge is 0.282 e. The maximum absolute atomic E-state index is 5.59. The predicted molar refractivity (Wildman–Crippen MR) is 65.3 cm³/mol. The zero-order valence-electron chi connectivity index (χ0n) is 9.60. The van der Waals surface area contributed by atoms with Crippen LogP contribution >= 0.6 is 0 Å². The first-order valence-electron chi connectivity index (χ1n) is 5.83. The number of aliphatic imine (C=N–C) groups is 1. The predicted octanol–water partition coefficient (Wildman–Crippen LogP) is 2.11. The standard InChI is InChI=1S/C13H18N2O/c1-2-12-11(15-13(14)16-12)9-8-10-6-4-3-5-7-10/h3-7,11-12H,2,8-9H2,1H3,(H2,14,15)/t11?,12-/m0/s1. The van der Waals surface area contributed by atoms with Gasteiger partial charge in [-0.15, -0.1) is 0 Å². The third-order valence-electron chi connectivity index (χ3n) is 2.97. The van der Waals surface area contributed by atoms with Gasteiger partial charge in [-0.1, -0.05) is 37.3 Å². The number of benzene rings is 1. The van der Waals surface area contributed by atoms with Gasteiger partial charge in [0, 0.05) is 0 Å². The van der Waals surface area contributed by atoms with Crippen molar-refractivity contribution < 1.29 is 4.74 Å². The molecule has 16 heavy (non-hydrogen) atoms. The molecule has 1 aromatic carbocycles. The fourth-order valence-corrected chi connectivity index (χ4v) is 2.08. The van der Waals surface area contributed by atoms with Gasteiger partial charge in [-0.3, -0.25) is 0 Å². The molecule has 3 nitrogen and oxygen atoms in total. The van der Waals surface area contributed by atoms with Gasteiger partial charge in [-0.25, -0.2) is 4.99 Å². The third kappa shape index (κ3) is 2.54. The summed E-state index contributed by atoms with van der Waals surface area (Å²) in [5.74, 6) is 0. The van der Waals surface area contributed by atoms with Crippen LogP contribution in [0.2, 0.25) is 0 Å². The molecule has 0 fully saturated rings. The molecule has 0 bridgehead atoms. The lowest BCUT2D eigenvalue weighted by Gasteiger charge is -2.14. The SMILES string of the molecule is CC[C@@H]1OC(N)=NC1CCc1ccccc1. The molecule has 86 valence electrons. The second-order valence-electron chi connectivity index (χ2n) is 4.12. The average Bonchev–Trinajstić information content (AvgIpc) is 2.68. The summed E-state index contributed by atoms with van der Waals surface area (Å²) in [4.78, 5) is 4.33. The van der Waals surface area contributed by atoms with E-state index in [1.807, 2.05) is 6.07 Å². The number of nitrogens with two attached hydrogens (primary N) is 1. The summed E-state index contributed by atoms with van der Waals surface area (Å²) in [6.07, 6.45) is 3.17. The summed E-state index contributed by atoms with van der Waals surface area (Å²) in [5, 5.41) is 0. The first kappa shape index (κ1) is 11.0. The summed E-state index contributed by atoms with van der Waals surface area (Å²) in [5.41, 5.74) is 6.93. The average molecular weight is 218 g/mol. The molecule has 1 aromatic rings. The molecule has 3 heteroatoms. The molecule has 0 saturated carbocycles. The summed E-state index contributed by atoms with van der Waals surface area (Å²) < 4.78 is 5.44. The largest absolute Gasteiger partial charge is 0.460 e. The van der Waals surface area contributed by atoms with E-state index in [1.165, 1.54) is 5.56 Å². The summed E-state index contributed by atoms with van der Waals surface area (Å²) in [7, 11) is 0. The molecular formula is C13H18N2O. The van der Waals surface area contributed by atoms with Crippen molar-refractivity contribution in [3.63, 3.8) is 0 Å². The highest BCUT2D eigenvalue weighted by Gasteiger charge is 2.27. The number of hydrogen-bond acceptors (Lipinski definition) is 3. The highest BCUT2D eigenvalue weighted by molar-refractivity contribution is 5.73. The Morgan fingerprint density at radius 1 is 1.31 bits per heavy atom. The molecule has 0 spiro atoms. The Kier molecular flexibility index (Phi) is 3.44. The first-order valence-corrected chi connectivity index (χ1v) is 5.83. The van der Waals surface area contributed by atoms with Crippen LogP contribution in [0.1, 0.15) is 25.3 Å². The molecular weight excluding hydrogens is 200 g/mol. The summed E-state index contributed by atoms with van der Waals surface area (Å²) in [6, 6.07) is 11.0. The van der Waals surface area contributed by atoms with E-state index in [-0.39, 0.29) is 12.1 Å². The van der Waals surface area contributed by atoms with Gasteiger partial charge in [0.25, 0.3) is 6.02 Å². The third-order valence-corrected chi connectivity index (χ3v) is 2.97.